The predicted molar refractivity (Wildman–Crippen MR) is 206 cm³/mol. The number of benzene rings is 2. The Morgan fingerprint density at radius 3 is 2.36 bits per heavy atom. The van der Waals surface area contributed by atoms with Crippen LogP contribution in [0.1, 0.15) is 98.5 Å². The molecule has 3 aliphatic heterocycles. The fourth-order valence-electron chi connectivity index (χ4n) is 11.4. The summed E-state index contributed by atoms with van der Waals surface area (Å²) in [6.07, 6.45) is 4.88. The van der Waals surface area contributed by atoms with Gasteiger partial charge < -0.3 is 50.0 Å². The van der Waals surface area contributed by atoms with E-state index in [-0.39, 0.29) is 54.6 Å². The van der Waals surface area contributed by atoms with Gasteiger partial charge in [-0.3, -0.25) is 0 Å². The molecule has 1 saturated heterocycles. The highest BCUT2D eigenvalue weighted by Crippen LogP contribution is 2.67. The molecule has 7 N–H and O–H groups in total. The van der Waals surface area contributed by atoms with Crippen LogP contribution in [0.5, 0.6) is 5.75 Å². The van der Waals surface area contributed by atoms with Crippen molar-refractivity contribution >= 4 is 5.97 Å². The van der Waals surface area contributed by atoms with Crippen LogP contribution in [-0.2, 0) is 22.3 Å². The van der Waals surface area contributed by atoms with Gasteiger partial charge in [0.2, 0.25) is 6.29 Å². The molecule has 6 aliphatic rings. The van der Waals surface area contributed by atoms with Gasteiger partial charge >= 0.3 is 5.97 Å². The predicted octanol–water partition coefficient (Wildman–Crippen LogP) is 4.53. The average molecular weight is 775 g/mol. The smallest absolute Gasteiger partial charge is 0.335 e. The van der Waals surface area contributed by atoms with Crippen LogP contribution in [0.2, 0.25) is 0 Å². The van der Waals surface area contributed by atoms with E-state index in [0.29, 0.717) is 37.9 Å². The van der Waals surface area contributed by atoms with Crippen LogP contribution in [0.25, 0.3) is 0 Å². The third kappa shape index (κ3) is 7.87. The normalized spacial score (nSPS) is 37.7. The fourth-order valence-corrected chi connectivity index (χ4v) is 11.4. The van der Waals surface area contributed by atoms with E-state index < -0.39 is 59.9 Å². The van der Waals surface area contributed by atoms with Crippen molar-refractivity contribution in [3.05, 3.63) is 77.9 Å². The lowest BCUT2D eigenvalue weighted by atomic mass is 9.59. The summed E-state index contributed by atoms with van der Waals surface area (Å²) in [5, 5.41) is 79.9. The van der Waals surface area contributed by atoms with Crippen molar-refractivity contribution in [2.24, 2.45) is 29.1 Å². The highest BCUT2D eigenvalue weighted by atomic mass is 16.7. The molecule has 12 atom stereocenters. The van der Waals surface area contributed by atoms with Gasteiger partial charge in [-0.25, -0.2) is 4.79 Å². The lowest BCUT2D eigenvalue weighted by Crippen LogP contribution is -2.70. The Bertz CT molecular complexity index is 1730. The molecule has 2 aromatic rings. The van der Waals surface area contributed by atoms with E-state index >= 15 is 0 Å². The molecule has 8 rings (SSSR count). The van der Waals surface area contributed by atoms with Gasteiger partial charge in [-0.2, -0.15) is 0 Å². The maximum absolute atomic E-state index is 12.8. The molecule has 304 valence electrons. The van der Waals surface area contributed by atoms with Crippen molar-refractivity contribution in [2.45, 2.75) is 138 Å². The maximum Gasteiger partial charge on any atom is 0.335 e. The number of carboxylic acids is 1. The van der Waals surface area contributed by atoms with Gasteiger partial charge in [-0.1, -0.05) is 49.1 Å². The molecule has 3 saturated carbocycles. The number of aromatic carboxylic acids is 1. The van der Waals surface area contributed by atoms with E-state index in [1.54, 1.807) is 30.3 Å². The summed E-state index contributed by atoms with van der Waals surface area (Å²) in [6, 6.07) is 14.3. The first-order valence-electron chi connectivity index (χ1n) is 20.5. The second kappa shape index (κ2) is 16.8. The molecular weight excluding hydrogens is 716 g/mol. The molecule has 0 amide bonds. The minimum absolute atomic E-state index is 0.0190. The summed E-state index contributed by atoms with van der Waals surface area (Å²) in [7, 11) is 0. The van der Waals surface area contributed by atoms with Crippen molar-refractivity contribution in [1.29, 1.82) is 0 Å². The van der Waals surface area contributed by atoms with Gasteiger partial charge in [0.05, 0.1) is 17.3 Å². The Labute approximate surface area is 329 Å². The van der Waals surface area contributed by atoms with Gasteiger partial charge in [0.1, 0.15) is 36.3 Å². The number of allylic oxidation sites excluding steroid dienone is 1. The molecule has 2 bridgehead atoms. The number of fused-ring (bicyclic) bond motifs is 10. The number of hydrogen-bond donors (Lipinski definition) is 7. The van der Waals surface area contributed by atoms with Gasteiger partial charge in [0.15, 0.2) is 5.60 Å². The van der Waals surface area contributed by atoms with Crippen molar-refractivity contribution < 1.29 is 54.8 Å². The first-order valence-corrected chi connectivity index (χ1v) is 20.5. The lowest BCUT2D eigenvalue weighted by Gasteiger charge is -2.52. The first kappa shape index (κ1) is 40.7. The highest BCUT2D eigenvalue weighted by Gasteiger charge is 2.65. The van der Waals surface area contributed by atoms with Crippen LogP contribution in [-0.4, -0.2) is 96.3 Å². The summed E-state index contributed by atoms with van der Waals surface area (Å²) < 4.78 is 18.6. The summed E-state index contributed by atoms with van der Waals surface area (Å²) in [4.78, 5) is 11.5. The van der Waals surface area contributed by atoms with Gasteiger partial charge in [0, 0.05) is 13.0 Å². The Balaban J connectivity index is 1.19. The van der Waals surface area contributed by atoms with Crippen LogP contribution in [0.15, 0.2) is 61.2 Å². The molecular formula is C45H58O11. The Hall–Kier alpha value is -3.47. The molecule has 0 radical (unpaired) electrons. The van der Waals surface area contributed by atoms with E-state index in [1.165, 1.54) is 0 Å². The van der Waals surface area contributed by atoms with Crippen molar-refractivity contribution in [1.82, 2.24) is 0 Å². The zero-order valence-corrected chi connectivity index (χ0v) is 32.0. The molecule has 11 nitrogen and oxygen atoms in total. The SMILES string of the molecule is C=CCc1ccc(OC2OC3C(CCCO)OC#CCC(O)C(C4CCC5C(O)(C4)CC(Cc4ccc(C(=O)O)cc4)C54CCCC4)CC2(O)C(O)C3O)cc1. The van der Waals surface area contributed by atoms with Crippen LogP contribution < -0.4 is 4.74 Å². The number of aliphatic hydroxyl groups excluding tert-OH is 4. The second-order valence-corrected chi connectivity index (χ2v) is 17.3. The number of ether oxygens (including phenoxy) is 3. The molecule has 3 aliphatic carbocycles. The van der Waals surface area contributed by atoms with E-state index in [4.69, 9.17) is 14.2 Å². The van der Waals surface area contributed by atoms with E-state index in [1.807, 2.05) is 24.3 Å². The monoisotopic (exact) mass is 774 g/mol. The third-order valence-corrected chi connectivity index (χ3v) is 14.1. The summed E-state index contributed by atoms with van der Waals surface area (Å²) >= 11 is 0. The first-order chi connectivity index (χ1) is 26.9. The van der Waals surface area contributed by atoms with Gasteiger partial charge in [-0.15, -0.1) is 6.58 Å². The molecule has 1 spiro atoms. The average Bonchev–Trinajstić information content (AvgIpc) is 3.76. The minimum atomic E-state index is -2.19. The highest BCUT2D eigenvalue weighted by molar-refractivity contribution is 5.87. The molecule has 11 heteroatoms. The Kier molecular flexibility index (Phi) is 12.2. The molecule has 4 fully saturated rings. The van der Waals surface area contributed by atoms with Gasteiger partial charge in [-0.05, 0) is 135 Å². The standard InChI is InChI=1S/C45H58O11/c1-2-7-28-12-17-33(18-13-28)55-42-45(53)27-34(35(47)8-6-23-54-36(9-5-22-46)39(56-42)38(48)40(45)49)31-16-19-37-43(20-3-4-21-43)32(26-44(37,52)25-31)24-29-10-14-30(15-11-29)41(50)51/h2,10-15,17-18,31-32,34-40,42,46-49,52-53H,1,3-5,7-9,16,19-22,24-27H2,(H,50,51). The van der Waals surface area contributed by atoms with E-state index in [0.717, 1.165) is 49.7 Å². The third-order valence-electron chi connectivity index (χ3n) is 14.1. The number of aliphatic hydroxyl groups is 6. The van der Waals surface area contributed by atoms with Crippen molar-refractivity contribution in [3.8, 4) is 17.8 Å². The summed E-state index contributed by atoms with van der Waals surface area (Å²) in [5.74, 6) is 1.64. The number of rotatable bonds is 11. The van der Waals surface area contributed by atoms with Crippen LogP contribution in [0.3, 0.4) is 0 Å². The molecule has 3 heterocycles. The zero-order chi connectivity index (χ0) is 39.7. The second-order valence-electron chi connectivity index (χ2n) is 17.3. The fraction of sp³-hybridized carbons (Fsp3) is 0.622. The van der Waals surface area contributed by atoms with Crippen molar-refractivity contribution in [2.75, 3.05) is 6.61 Å². The molecule has 12 unspecified atom stereocenters. The van der Waals surface area contributed by atoms with Crippen LogP contribution in [0.4, 0.5) is 0 Å². The van der Waals surface area contributed by atoms with Gasteiger partial charge in [0.25, 0.3) is 0 Å². The number of hydrogen-bond acceptors (Lipinski definition) is 10. The Morgan fingerprint density at radius 1 is 0.964 bits per heavy atom. The van der Waals surface area contributed by atoms with Crippen LogP contribution in [0, 0.1) is 41.1 Å². The minimum Gasteiger partial charge on any atom is -0.478 e. The summed E-state index contributed by atoms with van der Waals surface area (Å²) in [6.45, 7) is 3.65. The largest absolute Gasteiger partial charge is 0.478 e. The number of carboxylic acid groups (broad SMARTS) is 1. The molecule has 0 aromatic heterocycles. The lowest BCUT2D eigenvalue weighted by molar-refractivity contribution is -0.334. The molecule has 56 heavy (non-hydrogen) atoms. The Morgan fingerprint density at radius 2 is 1.68 bits per heavy atom. The van der Waals surface area contributed by atoms with Crippen molar-refractivity contribution in [3.63, 3.8) is 0 Å². The molecule has 2 aromatic carbocycles. The van der Waals surface area contributed by atoms with E-state index in [9.17, 15) is 40.5 Å². The maximum atomic E-state index is 12.8. The zero-order valence-electron chi connectivity index (χ0n) is 32.0. The topological polar surface area (TPSA) is 186 Å². The van der Waals surface area contributed by atoms with E-state index in [2.05, 4.69) is 18.6 Å². The summed E-state index contributed by atoms with van der Waals surface area (Å²) in [5.41, 5.74) is -0.981. The van der Waals surface area contributed by atoms with Crippen LogP contribution >= 0.6 is 0 Å². The quantitative estimate of drug-likeness (QED) is 0.126. The number of carbonyl (C=O) groups is 1.